The van der Waals surface area contributed by atoms with Crippen LogP contribution in [0.15, 0.2) is 33.9 Å². The van der Waals surface area contributed by atoms with Crippen LogP contribution in [0.3, 0.4) is 0 Å². The van der Waals surface area contributed by atoms with E-state index in [-0.39, 0.29) is 17.0 Å². The van der Waals surface area contributed by atoms with E-state index in [1.165, 1.54) is 0 Å². The first-order valence-electron chi connectivity index (χ1n) is 7.93. The minimum absolute atomic E-state index is 0.0142. The molecule has 3 rings (SSSR count). The van der Waals surface area contributed by atoms with E-state index in [4.69, 9.17) is 16.0 Å². The average Bonchev–Trinajstić information content (AvgIpc) is 3.25. The fraction of sp³-hybridized carbons (Fsp3) is 0.375. The smallest absolute Gasteiger partial charge is 0.321 e. The molecular weight excluding hydrogens is 364 g/mol. The molecule has 2 aromatic rings. The summed E-state index contributed by atoms with van der Waals surface area (Å²) in [6, 6.07) is 6.70. The predicted molar refractivity (Wildman–Crippen MR) is 94.4 cm³/mol. The highest BCUT2D eigenvalue weighted by atomic mass is 35.5. The maximum absolute atomic E-state index is 11.8. The molecule has 2 N–H and O–H groups in total. The second-order valence-corrected chi connectivity index (χ2v) is 7.03. The summed E-state index contributed by atoms with van der Waals surface area (Å²) in [5.74, 6) is -0.0503. The van der Waals surface area contributed by atoms with Gasteiger partial charge in [-0.2, -0.15) is 0 Å². The Bertz CT molecular complexity index is 744. The van der Waals surface area contributed by atoms with Crippen molar-refractivity contribution in [1.82, 2.24) is 20.8 Å². The Morgan fingerprint density at radius 2 is 1.92 bits per heavy atom. The Morgan fingerprint density at radius 1 is 1.20 bits per heavy atom. The van der Waals surface area contributed by atoms with Crippen LogP contribution in [-0.4, -0.2) is 33.9 Å². The predicted octanol–water partition coefficient (Wildman–Crippen LogP) is 3.25. The van der Waals surface area contributed by atoms with E-state index in [0.29, 0.717) is 10.9 Å². The summed E-state index contributed by atoms with van der Waals surface area (Å²) >= 11 is 6.91. The molecule has 0 radical (unpaired) electrons. The highest BCUT2D eigenvalue weighted by Gasteiger charge is 2.18. The fourth-order valence-electron chi connectivity index (χ4n) is 2.56. The lowest BCUT2D eigenvalue weighted by atomic mass is 10.2. The van der Waals surface area contributed by atoms with Gasteiger partial charge in [-0.15, -0.1) is 10.2 Å². The van der Waals surface area contributed by atoms with Crippen LogP contribution < -0.4 is 10.6 Å². The van der Waals surface area contributed by atoms with Gasteiger partial charge in [0.2, 0.25) is 11.8 Å². The summed E-state index contributed by atoms with van der Waals surface area (Å²) < 4.78 is 5.49. The van der Waals surface area contributed by atoms with Gasteiger partial charge in [-0.1, -0.05) is 36.2 Å². The van der Waals surface area contributed by atoms with Gasteiger partial charge < -0.3 is 9.73 Å². The van der Waals surface area contributed by atoms with Crippen LogP contribution in [-0.2, 0) is 4.79 Å². The lowest BCUT2D eigenvalue weighted by molar-refractivity contribution is -0.117. The SMILES string of the molecule is O=C(CSc1nnc(-c2ccc(Cl)cc2)o1)NC(=O)NC1CCCC1. The van der Waals surface area contributed by atoms with Crippen molar-refractivity contribution in [3.63, 3.8) is 0 Å². The largest absolute Gasteiger partial charge is 0.411 e. The number of halogens is 1. The lowest BCUT2D eigenvalue weighted by Gasteiger charge is -2.11. The number of hydrogen-bond acceptors (Lipinski definition) is 6. The van der Waals surface area contributed by atoms with Crippen molar-refractivity contribution in [1.29, 1.82) is 0 Å². The van der Waals surface area contributed by atoms with Crippen LogP contribution in [0.2, 0.25) is 5.02 Å². The zero-order valence-corrected chi connectivity index (χ0v) is 14.9. The first kappa shape index (κ1) is 17.8. The second-order valence-electron chi connectivity index (χ2n) is 5.67. The molecule has 9 heteroatoms. The molecule has 132 valence electrons. The molecule has 0 spiro atoms. The van der Waals surface area contributed by atoms with Gasteiger partial charge in [-0.3, -0.25) is 10.1 Å². The number of thioether (sulfide) groups is 1. The fourth-order valence-corrected chi connectivity index (χ4v) is 3.25. The number of imide groups is 1. The van der Waals surface area contributed by atoms with Crippen molar-refractivity contribution < 1.29 is 14.0 Å². The Hall–Kier alpha value is -2.06. The molecule has 0 atom stereocenters. The molecule has 0 bridgehead atoms. The van der Waals surface area contributed by atoms with E-state index in [1.54, 1.807) is 24.3 Å². The number of nitrogens with one attached hydrogen (secondary N) is 2. The summed E-state index contributed by atoms with van der Waals surface area (Å²) in [5, 5.41) is 13.8. The number of carbonyl (C=O) groups excluding carboxylic acids is 2. The minimum Gasteiger partial charge on any atom is -0.411 e. The number of aromatic nitrogens is 2. The number of amides is 3. The highest BCUT2D eigenvalue weighted by molar-refractivity contribution is 7.99. The topological polar surface area (TPSA) is 97.1 Å². The minimum atomic E-state index is -0.454. The molecule has 1 aliphatic rings. The number of nitrogens with zero attached hydrogens (tertiary/aromatic N) is 2. The van der Waals surface area contributed by atoms with Crippen LogP contribution in [0.5, 0.6) is 0 Å². The van der Waals surface area contributed by atoms with Crippen LogP contribution in [0.4, 0.5) is 4.79 Å². The van der Waals surface area contributed by atoms with E-state index in [9.17, 15) is 9.59 Å². The maximum Gasteiger partial charge on any atom is 0.321 e. The molecule has 1 fully saturated rings. The molecule has 25 heavy (non-hydrogen) atoms. The van der Waals surface area contributed by atoms with Gasteiger partial charge in [0.15, 0.2) is 0 Å². The zero-order chi connectivity index (χ0) is 17.6. The third-order valence-electron chi connectivity index (χ3n) is 3.77. The van der Waals surface area contributed by atoms with E-state index in [2.05, 4.69) is 20.8 Å². The number of hydrogen-bond donors (Lipinski definition) is 2. The van der Waals surface area contributed by atoms with Crippen molar-refractivity contribution in [2.24, 2.45) is 0 Å². The normalized spacial score (nSPS) is 14.4. The van der Waals surface area contributed by atoms with Gasteiger partial charge in [0, 0.05) is 16.6 Å². The first-order valence-corrected chi connectivity index (χ1v) is 9.29. The second kappa shape index (κ2) is 8.35. The summed E-state index contributed by atoms with van der Waals surface area (Å²) in [5.41, 5.74) is 0.740. The third kappa shape index (κ3) is 5.20. The molecule has 1 aromatic heterocycles. The lowest BCUT2D eigenvalue weighted by Crippen LogP contribution is -2.44. The molecule has 0 saturated heterocycles. The molecule has 7 nitrogen and oxygen atoms in total. The number of rotatable bonds is 5. The highest BCUT2D eigenvalue weighted by Crippen LogP contribution is 2.24. The van der Waals surface area contributed by atoms with Gasteiger partial charge in [0.05, 0.1) is 5.75 Å². The zero-order valence-electron chi connectivity index (χ0n) is 13.3. The first-order chi connectivity index (χ1) is 12.1. The van der Waals surface area contributed by atoms with E-state index >= 15 is 0 Å². The van der Waals surface area contributed by atoms with Gasteiger partial charge in [-0.25, -0.2) is 4.79 Å². The third-order valence-corrected chi connectivity index (χ3v) is 4.84. The Kier molecular flexibility index (Phi) is 5.93. The maximum atomic E-state index is 11.8. The number of benzene rings is 1. The summed E-state index contributed by atoms with van der Waals surface area (Å²) in [4.78, 5) is 23.5. The Balaban J connectivity index is 1.45. The molecule has 3 amide bonds. The van der Waals surface area contributed by atoms with E-state index in [0.717, 1.165) is 43.0 Å². The van der Waals surface area contributed by atoms with E-state index < -0.39 is 11.9 Å². The van der Waals surface area contributed by atoms with Crippen molar-refractivity contribution in [3.8, 4) is 11.5 Å². The Morgan fingerprint density at radius 3 is 2.64 bits per heavy atom. The van der Waals surface area contributed by atoms with Crippen molar-refractivity contribution in [3.05, 3.63) is 29.3 Å². The summed E-state index contributed by atoms with van der Waals surface area (Å²) in [6.07, 6.45) is 4.15. The summed E-state index contributed by atoms with van der Waals surface area (Å²) in [6.45, 7) is 0. The quantitative estimate of drug-likeness (QED) is 0.773. The Labute approximate surface area is 153 Å². The number of urea groups is 1. The van der Waals surface area contributed by atoms with Gasteiger partial charge >= 0.3 is 6.03 Å². The molecule has 1 aromatic carbocycles. The van der Waals surface area contributed by atoms with Crippen molar-refractivity contribution in [2.75, 3.05) is 5.75 Å². The molecular formula is C16H17ClN4O3S. The van der Waals surface area contributed by atoms with Crippen LogP contribution in [0.25, 0.3) is 11.5 Å². The summed E-state index contributed by atoms with van der Waals surface area (Å²) in [7, 11) is 0. The molecule has 1 heterocycles. The number of carbonyl (C=O) groups is 2. The van der Waals surface area contributed by atoms with Gasteiger partial charge in [0.25, 0.3) is 5.22 Å². The molecule has 0 aliphatic heterocycles. The van der Waals surface area contributed by atoms with Crippen LogP contribution in [0, 0.1) is 0 Å². The van der Waals surface area contributed by atoms with Gasteiger partial charge in [0.1, 0.15) is 0 Å². The van der Waals surface area contributed by atoms with Crippen molar-refractivity contribution in [2.45, 2.75) is 36.9 Å². The standard InChI is InChI=1S/C16H17ClN4O3S/c17-11-7-5-10(6-8-11)14-20-21-16(24-14)25-9-13(22)19-15(23)18-12-3-1-2-4-12/h5-8,12H,1-4,9H2,(H2,18,19,22,23). The van der Waals surface area contributed by atoms with Gasteiger partial charge in [-0.05, 0) is 37.1 Å². The molecule has 1 saturated carbocycles. The van der Waals surface area contributed by atoms with Crippen LogP contribution >= 0.6 is 23.4 Å². The van der Waals surface area contributed by atoms with E-state index in [1.807, 2.05) is 0 Å². The van der Waals surface area contributed by atoms with Crippen molar-refractivity contribution >= 4 is 35.3 Å². The molecule has 0 unspecified atom stereocenters. The molecule has 1 aliphatic carbocycles. The average molecular weight is 381 g/mol. The monoisotopic (exact) mass is 380 g/mol. The van der Waals surface area contributed by atoms with Crippen LogP contribution in [0.1, 0.15) is 25.7 Å².